The molecule has 0 unspecified atom stereocenters. The highest BCUT2D eigenvalue weighted by atomic mass is 35.5. The fraction of sp³-hybridized carbons (Fsp3) is 0.318. The van der Waals surface area contributed by atoms with Gasteiger partial charge in [0.05, 0.1) is 10.6 Å². The van der Waals surface area contributed by atoms with Gasteiger partial charge in [-0.3, -0.25) is 19.3 Å². The Kier molecular flexibility index (Phi) is 6.06. The monoisotopic (exact) mass is 490 g/mol. The van der Waals surface area contributed by atoms with Crippen LogP contribution in [-0.2, 0) is 14.8 Å². The summed E-state index contributed by atoms with van der Waals surface area (Å²) in [5, 5.41) is 3.78. The second-order valence-corrected chi connectivity index (χ2v) is 10.5. The highest BCUT2D eigenvalue weighted by Crippen LogP contribution is 2.33. The molecule has 11 heteroatoms. The summed E-state index contributed by atoms with van der Waals surface area (Å²) in [4.78, 5) is 38.0. The molecule has 1 heterocycles. The second-order valence-electron chi connectivity index (χ2n) is 8.13. The molecule has 0 radical (unpaired) electrons. The van der Waals surface area contributed by atoms with Gasteiger partial charge in [0.2, 0.25) is 0 Å². The number of imide groups is 1. The maximum Gasteiger partial charge on any atom is 0.344 e. The van der Waals surface area contributed by atoms with Crippen LogP contribution in [0.1, 0.15) is 42.5 Å². The van der Waals surface area contributed by atoms with Crippen LogP contribution in [0.25, 0.3) is 0 Å². The average molecular weight is 491 g/mol. The third-order valence-electron chi connectivity index (χ3n) is 6.01. The predicted octanol–water partition coefficient (Wildman–Crippen LogP) is 3.06. The molecule has 4 amide bonds. The zero-order chi connectivity index (χ0) is 23.8. The molecule has 0 aromatic heterocycles. The summed E-state index contributed by atoms with van der Waals surface area (Å²) in [6.07, 6.45) is 3.66. The molecule has 2 aromatic carbocycles. The number of halogens is 1. The molecule has 33 heavy (non-hydrogen) atoms. The molecule has 2 aromatic rings. The van der Waals surface area contributed by atoms with E-state index in [0.29, 0.717) is 28.6 Å². The van der Waals surface area contributed by atoms with Crippen molar-refractivity contribution in [2.45, 2.75) is 42.5 Å². The van der Waals surface area contributed by atoms with E-state index in [1.807, 2.05) is 0 Å². The summed E-state index contributed by atoms with van der Waals surface area (Å²) in [7, 11) is -2.62. The minimum absolute atomic E-state index is 0.0132. The first-order chi connectivity index (χ1) is 15.6. The second kappa shape index (κ2) is 8.68. The van der Waals surface area contributed by atoms with Crippen molar-refractivity contribution in [3.63, 3.8) is 0 Å². The maximum absolute atomic E-state index is 13.1. The van der Waals surface area contributed by atoms with Gasteiger partial charge in [0.1, 0.15) is 5.54 Å². The number of benzene rings is 2. The van der Waals surface area contributed by atoms with Crippen molar-refractivity contribution in [1.82, 2.24) is 15.8 Å². The number of anilines is 1. The normalized spacial score (nSPS) is 17.7. The topological polar surface area (TPSA) is 116 Å². The first kappa shape index (κ1) is 23.1. The number of hydrogen-bond acceptors (Lipinski definition) is 5. The van der Waals surface area contributed by atoms with Crippen LogP contribution in [0, 0.1) is 0 Å². The number of urea groups is 1. The van der Waals surface area contributed by atoms with Crippen LogP contribution < -0.4 is 15.0 Å². The van der Waals surface area contributed by atoms with Gasteiger partial charge >= 0.3 is 6.03 Å². The fourth-order valence-electron chi connectivity index (χ4n) is 4.15. The molecule has 1 spiro atoms. The van der Waals surface area contributed by atoms with Crippen molar-refractivity contribution in [3.05, 3.63) is 59.1 Å². The van der Waals surface area contributed by atoms with Crippen molar-refractivity contribution < 1.29 is 22.8 Å². The van der Waals surface area contributed by atoms with Gasteiger partial charge in [0.15, 0.2) is 0 Å². The van der Waals surface area contributed by atoms with Gasteiger partial charge in [-0.25, -0.2) is 13.2 Å². The molecular weight excluding hydrogens is 468 g/mol. The van der Waals surface area contributed by atoms with E-state index in [0.717, 1.165) is 23.6 Å². The summed E-state index contributed by atoms with van der Waals surface area (Å²) in [5.74, 6) is -1.26. The van der Waals surface area contributed by atoms with E-state index >= 15 is 0 Å². The van der Waals surface area contributed by atoms with Crippen molar-refractivity contribution in [1.29, 1.82) is 0 Å². The quantitative estimate of drug-likeness (QED) is 0.625. The Morgan fingerprint density at radius 2 is 1.79 bits per heavy atom. The van der Waals surface area contributed by atoms with Gasteiger partial charge < -0.3 is 5.32 Å². The van der Waals surface area contributed by atoms with E-state index < -0.39 is 33.4 Å². The van der Waals surface area contributed by atoms with E-state index in [4.69, 9.17) is 11.6 Å². The van der Waals surface area contributed by atoms with Gasteiger partial charge in [-0.1, -0.05) is 43.0 Å². The Hall–Kier alpha value is -3.11. The summed E-state index contributed by atoms with van der Waals surface area (Å²) in [6.45, 7) is 0. The molecule has 2 N–H and O–H groups in total. The van der Waals surface area contributed by atoms with E-state index in [9.17, 15) is 22.8 Å². The highest BCUT2D eigenvalue weighted by molar-refractivity contribution is 7.92. The third kappa shape index (κ3) is 4.28. The first-order valence-corrected chi connectivity index (χ1v) is 12.3. The van der Waals surface area contributed by atoms with Crippen LogP contribution in [0.3, 0.4) is 0 Å². The highest BCUT2D eigenvalue weighted by Gasteiger charge is 2.52. The number of sulfonamides is 1. The molecule has 1 saturated carbocycles. The fourth-order valence-corrected chi connectivity index (χ4v) is 5.57. The number of hydrogen-bond donors (Lipinski definition) is 2. The number of amides is 4. The van der Waals surface area contributed by atoms with Crippen molar-refractivity contribution >= 4 is 45.2 Å². The van der Waals surface area contributed by atoms with E-state index in [-0.39, 0.29) is 10.5 Å². The van der Waals surface area contributed by atoms with Crippen LogP contribution in [0.5, 0.6) is 0 Å². The molecule has 2 aliphatic rings. The van der Waals surface area contributed by atoms with Crippen LogP contribution in [-0.4, -0.2) is 43.9 Å². The predicted molar refractivity (Wildman–Crippen MR) is 122 cm³/mol. The molecule has 9 nitrogen and oxygen atoms in total. The molecule has 1 aliphatic heterocycles. The molecule has 0 bridgehead atoms. The standard InChI is InChI=1S/C22H23ClN4O5S/c1-26(17-9-6-8-16(23)14-17)33(31,32)18-10-5-7-15(13-18)19(28)25-27-20(29)22(24-21(27)30)11-3-2-4-12-22/h5-10,13-14H,2-4,11-12H2,1H3,(H,24,30)(H,25,28). The zero-order valence-electron chi connectivity index (χ0n) is 17.9. The Balaban J connectivity index is 1.54. The van der Waals surface area contributed by atoms with Gasteiger partial charge in [-0.15, -0.1) is 0 Å². The van der Waals surface area contributed by atoms with Crippen molar-refractivity contribution in [3.8, 4) is 0 Å². The molecule has 0 atom stereocenters. The molecule has 2 fully saturated rings. The van der Waals surface area contributed by atoms with Crippen LogP contribution in [0.2, 0.25) is 5.02 Å². The summed E-state index contributed by atoms with van der Waals surface area (Å²) < 4.78 is 27.2. The van der Waals surface area contributed by atoms with Gasteiger partial charge in [0.25, 0.3) is 21.8 Å². The Bertz CT molecular complexity index is 1230. The minimum atomic E-state index is -4.00. The lowest BCUT2D eigenvalue weighted by atomic mass is 9.82. The SMILES string of the molecule is CN(c1cccc(Cl)c1)S(=O)(=O)c1cccc(C(=O)NN2C(=O)NC3(CCCCC3)C2=O)c1. The molecule has 1 aliphatic carbocycles. The summed E-state index contributed by atoms with van der Waals surface area (Å²) >= 11 is 5.97. The van der Waals surface area contributed by atoms with Crippen LogP contribution >= 0.6 is 11.6 Å². The van der Waals surface area contributed by atoms with Crippen molar-refractivity contribution in [2.75, 3.05) is 11.4 Å². The largest absolute Gasteiger partial charge is 0.344 e. The Labute approximate surface area is 196 Å². The third-order valence-corrected chi connectivity index (χ3v) is 8.03. The number of nitrogens with one attached hydrogen (secondary N) is 2. The Morgan fingerprint density at radius 3 is 2.48 bits per heavy atom. The lowest BCUT2D eigenvalue weighted by Crippen LogP contribution is -2.50. The molecule has 174 valence electrons. The van der Waals surface area contributed by atoms with E-state index in [2.05, 4.69) is 10.7 Å². The number of rotatable bonds is 5. The van der Waals surface area contributed by atoms with E-state index in [1.165, 1.54) is 37.4 Å². The van der Waals surface area contributed by atoms with E-state index in [1.54, 1.807) is 18.2 Å². The Morgan fingerprint density at radius 1 is 1.09 bits per heavy atom. The van der Waals surface area contributed by atoms with Crippen LogP contribution in [0.4, 0.5) is 10.5 Å². The molecule has 1 saturated heterocycles. The summed E-state index contributed by atoms with van der Waals surface area (Å²) in [5.41, 5.74) is 1.68. The lowest BCUT2D eigenvalue weighted by Gasteiger charge is -2.30. The maximum atomic E-state index is 13.1. The first-order valence-electron chi connectivity index (χ1n) is 10.5. The summed E-state index contributed by atoms with van der Waals surface area (Å²) in [6, 6.07) is 11.0. The molecule has 4 rings (SSSR count). The zero-order valence-corrected chi connectivity index (χ0v) is 19.4. The smallest absolute Gasteiger partial charge is 0.322 e. The number of carbonyl (C=O) groups is 3. The van der Waals surface area contributed by atoms with Crippen LogP contribution in [0.15, 0.2) is 53.4 Å². The number of nitrogens with zero attached hydrogens (tertiary/aromatic N) is 2. The lowest BCUT2D eigenvalue weighted by molar-refractivity contribution is -0.134. The van der Waals surface area contributed by atoms with Gasteiger partial charge in [-0.05, 0) is 49.2 Å². The number of hydrazine groups is 1. The molecular formula is C22H23ClN4O5S. The van der Waals surface area contributed by atoms with Crippen molar-refractivity contribution in [2.24, 2.45) is 0 Å². The average Bonchev–Trinajstić information content (AvgIpc) is 3.02. The van der Waals surface area contributed by atoms with Gasteiger partial charge in [0, 0.05) is 17.6 Å². The number of carbonyl (C=O) groups excluding carboxylic acids is 3. The van der Waals surface area contributed by atoms with Gasteiger partial charge in [-0.2, -0.15) is 5.01 Å². The minimum Gasteiger partial charge on any atom is -0.322 e.